The Balaban J connectivity index is 1.45. The molecule has 0 aliphatic carbocycles. The minimum atomic E-state index is -3.54. The molecule has 32 heavy (non-hydrogen) atoms. The second kappa shape index (κ2) is 9.26. The average Bonchev–Trinajstić information content (AvgIpc) is 3.42. The van der Waals surface area contributed by atoms with E-state index >= 15 is 0 Å². The summed E-state index contributed by atoms with van der Waals surface area (Å²) < 4.78 is 36.7. The van der Waals surface area contributed by atoms with Crippen LogP contribution in [0.2, 0.25) is 0 Å². The molecule has 4 rings (SSSR count). The highest BCUT2D eigenvalue weighted by Gasteiger charge is 2.21. The van der Waals surface area contributed by atoms with Crippen LogP contribution in [-0.4, -0.2) is 38.6 Å². The number of oxazole rings is 1. The molecule has 8 heteroatoms. The molecule has 0 radical (unpaired) electrons. The van der Waals surface area contributed by atoms with Crippen molar-refractivity contribution in [2.24, 2.45) is 0 Å². The van der Waals surface area contributed by atoms with E-state index in [-0.39, 0.29) is 22.7 Å². The Hall–Kier alpha value is -2.97. The molecule has 0 spiro atoms. The van der Waals surface area contributed by atoms with Crippen LogP contribution in [0.25, 0.3) is 11.5 Å². The second-order valence-electron chi connectivity index (χ2n) is 8.02. The van der Waals surface area contributed by atoms with Crippen molar-refractivity contribution in [3.05, 3.63) is 71.1 Å². The fourth-order valence-electron chi connectivity index (χ4n) is 3.57. The number of hydrogen-bond donors (Lipinski definition) is 1. The number of nitrogens with one attached hydrogen (secondary N) is 1. The summed E-state index contributed by atoms with van der Waals surface area (Å²) in [6, 6.07) is 13.6. The topological polar surface area (TPSA) is 98.5 Å². The van der Waals surface area contributed by atoms with Gasteiger partial charge in [-0.05, 0) is 63.1 Å². The van der Waals surface area contributed by atoms with Gasteiger partial charge in [0.15, 0.2) is 9.84 Å². The van der Waals surface area contributed by atoms with Gasteiger partial charge in [0.25, 0.3) is 5.91 Å². The lowest BCUT2D eigenvalue weighted by Crippen LogP contribution is -2.31. The molecule has 1 amide bonds. The summed E-state index contributed by atoms with van der Waals surface area (Å²) in [6.45, 7) is 4.85. The predicted molar refractivity (Wildman–Crippen MR) is 120 cm³/mol. The minimum Gasteiger partial charge on any atom is -0.441 e. The molecule has 0 saturated carbocycles. The van der Waals surface area contributed by atoms with Crippen molar-refractivity contribution in [3.63, 3.8) is 0 Å². The number of rotatable bonds is 7. The summed E-state index contributed by atoms with van der Waals surface area (Å²) in [7, 11) is -3.54. The number of ether oxygens (including phenoxy) is 1. The zero-order valence-electron chi connectivity index (χ0n) is 18.1. The Bertz CT molecular complexity index is 1190. The largest absolute Gasteiger partial charge is 0.441 e. The van der Waals surface area contributed by atoms with Crippen molar-refractivity contribution in [2.75, 3.05) is 13.2 Å². The van der Waals surface area contributed by atoms with Crippen molar-refractivity contribution < 1.29 is 22.4 Å². The van der Waals surface area contributed by atoms with Crippen LogP contribution >= 0.6 is 0 Å². The molecule has 1 aliphatic rings. The molecule has 1 fully saturated rings. The number of hydrogen-bond acceptors (Lipinski definition) is 6. The summed E-state index contributed by atoms with van der Waals surface area (Å²) in [5.74, 6) is 0.368. The number of benzene rings is 2. The highest BCUT2D eigenvalue weighted by atomic mass is 32.2. The third kappa shape index (κ3) is 5.08. The molecule has 1 N–H and O–H groups in total. The molecule has 1 saturated heterocycles. The van der Waals surface area contributed by atoms with Crippen LogP contribution in [0.15, 0.2) is 57.8 Å². The number of carbonyl (C=O) groups excluding carboxylic acids is 1. The van der Waals surface area contributed by atoms with Crippen molar-refractivity contribution in [3.8, 4) is 11.5 Å². The smallest absolute Gasteiger partial charge is 0.251 e. The number of aryl methyl sites for hydroxylation is 2. The number of nitrogens with zero attached hydrogens (tertiary/aromatic N) is 1. The number of carbonyl (C=O) groups is 1. The SMILES string of the molecule is Cc1ccc(S(=O)(=O)Cc2nc(-c3ccc(C(=O)NCC4CCCO4)cc3)oc2C)cc1. The maximum atomic E-state index is 12.8. The molecule has 168 valence electrons. The monoisotopic (exact) mass is 454 g/mol. The summed E-state index contributed by atoms with van der Waals surface area (Å²) in [5.41, 5.74) is 2.56. The maximum Gasteiger partial charge on any atom is 0.251 e. The molecule has 1 aromatic heterocycles. The lowest BCUT2D eigenvalue weighted by molar-refractivity contribution is 0.0858. The first kappa shape index (κ1) is 22.2. The van der Waals surface area contributed by atoms with E-state index in [1.165, 1.54) is 0 Å². The van der Waals surface area contributed by atoms with Gasteiger partial charge in [0.1, 0.15) is 11.5 Å². The first-order valence-electron chi connectivity index (χ1n) is 10.6. The Kier molecular flexibility index (Phi) is 6.43. The molecule has 1 aliphatic heterocycles. The van der Waals surface area contributed by atoms with E-state index in [1.54, 1.807) is 55.5 Å². The van der Waals surface area contributed by atoms with E-state index in [2.05, 4.69) is 10.3 Å². The molecular weight excluding hydrogens is 428 g/mol. The number of amides is 1. The fraction of sp³-hybridized carbons (Fsp3) is 0.333. The third-order valence-corrected chi connectivity index (χ3v) is 7.15. The van der Waals surface area contributed by atoms with E-state index in [9.17, 15) is 13.2 Å². The molecule has 1 atom stereocenters. The van der Waals surface area contributed by atoms with Gasteiger partial charge in [0, 0.05) is 24.3 Å². The van der Waals surface area contributed by atoms with Gasteiger partial charge < -0.3 is 14.5 Å². The van der Waals surface area contributed by atoms with Crippen LogP contribution < -0.4 is 5.32 Å². The van der Waals surface area contributed by atoms with E-state index in [0.29, 0.717) is 35.0 Å². The second-order valence-corrected chi connectivity index (χ2v) is 10.0. The first-order chi connectivity index (χ1) is 15.3. The summed E-state index contributed by atoms with van der Waals surface area (Å²) in [4.78, 5) is 17.0. The van der Waals surface area contributed by atoms with E-state index in [1.807, 2.05) is 6.92 Å². The standard InChI is InChI=1S/C24H26N2O5S/c1-16-5-11-21(12-6-16)32(28,29)15-22-17(2)31-24(26-22)19-9-7-18(8-10-19)23(27)25-14-20-4-3-13-30-20/h5-12,20H,3-4,13-15H2,1-2H3,(H,25,27). The van der Waals surface area contributed by atoms with Crippen LogP contribution in [0.1, 0.15) is 40.2 Å². The quantitative estimate of drug-likeness (QED) is 0.582. The molecular formula is C24H26N2O5S. The van der Waals surface area contributed by atoms with Gasteiger partial charge in [0.05, 0.1) is 16.7 Å². The Morgan fingerprint density at radius 1 is 1.09 bits per heavy atom. The predicted octanol–water partition coefficient (Wildman–Crippen LogP) is 3.84. The maximum absolute atomic E-state index is 12.8. The molecule has 1 unspecified atom stereocenters. The van der Waals surface area contributed by atoms with Gasteiger partial charge in [-0.3, -0.25) is 4.79 Å². The molecule has 7 nitrogen and oxygen atoms in total. The van der Waals surface area contributed by atoms with Crippen molar-refractivity contribution in [1.82, 2.24) is 10.3 Å². The van der Waals surface area contributed by atoms with Crippen LogP contribution in [0, 0.1) is 13.8 Å². The fourth-order valence-corrected chi connectivity index (χ4v) is 4.92. The Morgan fingerprint density at radius 3 is 2.47 bits per heavy atom. The van der Waals surface area contributed by atoms with E-state index in [0.717, 1.165) is 25.0 Å². The lowest BCUT2D eigenvalue weighted by atomic mass is 10.1. The van der Waals surface area contributed by atoms with Crippen LogP contribution in [-0.2, 0) is 20.3 Å². The van der Waals surface area contributed by atoms with Gasteiger partial charge in [-0.25, -0.2) is 13.4 Å². The van der Waals surface area contributed by atoms with Crippen LogP contribution in [0.4, 0.5) is 0 Å². The van der Waals surface area contributed by atoms with Gasteiger partial charge in [0.2, 0.25) is 5.89 Å². The van der Waals surface area contributed by atoms with Gasteiger partial charge in [-0.15, -0.1) is 0 Å². The average molecular weight is 455 g/mol. The van der Waals surface area contributed by atoms with E-state index in [4.69, 9.17) is 9.15 Å². The Labute approximate surface area is 187 Å². The summed E-state index contributed by atoms with van der Waals surface area (Å²) >= 11 is 0. The van der Waals surface area contributed by atoms with Crippen LogP contribution in [0.5, 0.6) is 0 Å². The van der Waals surface area contributed by atoms with Crippen molar-refractivity contribution in [2.45, 2.75) is 43.4 Å². The number of aromatic nitrogens is 1. The zero-order valence-corrected chi connectivity index (χ0v) is 18.9. The highest BCUT2D eigenvalue weighted by molar-refractivity contribution is 7.90. The summed E-state index contributed by atoms with van der Waals surface area (Å²) in [5, 5.41) is 2.89. The normalized spacial score (nSPS) is 16.2. The molecule has 0 bridgehead atoms. The summed E-state index contributed by atoms with van der Waals surface area (Å²) in [6.07, 6.45) is 2.08. The molecule has 3 aromatic rings. The van der Waals surface area contributed by atoms with Gasteiger partial charge >= 0.3 is 0 Å². The molecule has 2 heterocycles. The van der Waals surface area contributed by atoms with Crippen molar-refractivity contribution in [1.29, 1.82) is 0 Å². The van der Waals surface area contributed by atoms with Crippen LogP contribution in [0.3, 0.4) is 0 Å². The van der Waals surface area contributed by atoms with Gasteiger partial charge in [-0.2, -0.15) is 0 Å². The molecule has 2 aromatic carbocycles. The van der Waals surface area contributed by atoms with Gasteiger partial charge in [-0.1, -0.05) is 17.7 Å². The Morgan fingerprint density at radius 2 is 1.81 bits per heavy atom. The van der Waals surface area contributed by atoms with E-state index < -0.39 is 9.84 Å². The highest BCUT2D eigenvalue weighted by Crippen LogP contribution is 2.25. The zero-order chi connectivity index (χ0) is 22.7. The minimum absolute atomic E-state index is 0.0862. The lowest BCUT2D eigenvalue weighted by Gasteiger charge is -2.10. The van der Waals surface area contributed by atoms with Crippen molar-refractivity contribution >= 4 is 15.7 Å². The number of sulfone groups is 1. The third-order valence-electron chi connectivity index (χ3n) is 5.51. The first-order valence-corrected chi connectivity index (χ1v) is 12.2.